The minimum Gasteiger partial charge on any atom is -0.352 e. The van der Waals surface area contributed by atoms with Gasteiger partial charge in [-0.3, -0.25) is 9.78 Å². The molecule has 1 N–H and O–H groups in total. The van der Waals surface area contributed by atoms with Crippen molar-refractivity contribution in [1.29, 1.82) is 0 Å². The van der Waals surface area contributed by atoms with Crippen LogP contribution in [-0.2, 0) is 6.42 Å². The molecule has 0 aliphatic heterocycles. The van der Waals surface area contributed by atoms with Crippen LogP contribution in [0.3, 0.4) is 0 Å². The molecule has 3 nitrogen and oxygen atoms in total. The number of hydrogen-bond donors (Lipinski definition) is 1. The molecule has 0 aliphatic carbocycles. The number of pyridine rings is 1. The largest absolute Gasteiger partial charge is 0.352 e. The Bertz CT molecular complexity index is 812. The minimum absolute atomic E-state index is 0.103. The summed E-state index contributed by atoms with van der Waals surface area (Å²) in [6, 6.07) is 16.3. The highest BCUT2D eigenvalue weighted by atomic mass is 79.9. The van der Waals surface area contributed by atoms with Crippen LogP contribution in [0.2, 0.25) is 0 Å². The summed E-state index contributed by atoms with van der Waals surface area (Å²) in [7, 11) is 0. The summed E-state index contributed by atoms with van der Waals surface area (Å²) < 4.78 is 0.800. The fourth-order valence-corrected chi connectivity index (χ4v) is 2.82. The van der Waals surface area contributed by atoms with Crippen molar-refractivity contribution in [2.45, 2.75) is 6.42 Å². The quantitative estimate of drug-likeness (QED) is 0.770. The predicted octanol–water partition coefficient (Wildman–Crippen LogP) is 3.97. The number of rotatable bonds is 4. The van der Waals surface area contributed by atoms with E-state index in [9.17, 15) is 4.79 Å². The average Bonchev–Trinajstić information content (AvgIpc) is 2.55. The van der Waals surface area contributed by atoms with Crippen molar-refractivity contribution in [3.05, 3.63) is 76.5 Å². The number of nitrogens with zero attached hydrogens (tertiary/aromatic N) is 1. The number of fused-ring (bicyclic) bond motifs is 1. The van der Waals surface area contributed by atoms with Gasteiger partial charge in [-0.2, -0.15) is 0 Å². The molecule has 0 saturated heterocycles. The number of benzene rings is 2. The van der Waals surface area contributed by atoms with E-state index in [0.29, 0.717) is 12.1 Å². The molecule has 0 radical (unpaired) electrons. The summed E-state index contributed by atoms with van der Waals surface area (Å²) in [5.41, 5.74) is 1.80. The van der Waals surface area contributed by atoms with Gasteiger partial charge in [0.15, 0.2) is 0 Å². The number of amides is 1. The van der Waals surface area contributed by atoms with Gasteiger partial charge in [-0.25, -0.2) is 0 Å². The van der Waals surface area contributed by atoms with Gasteiger partial charge in [-0.1, -0.05) is 42.5 Å². The molecular weight excluding hydrogens is 340 g/mol. The van der Waals surface area contributed by atoms with Crippen LogP contribution in [-0.4, -0.2) is 17.4 Å². The Hall–Kier alpha value is -2.20. The van der Waals surface area contributed by atoms with Crippen molar-refractivity contribution in [3.63, 3.8) is 0 Å². The van der Waals surface area contributed by atoms with Gasteiger partial charge in [0.25, 0.3) is 5.91 Å². The summed E-state index contributed by atoms with van der Waals surface area (Å²) in [6.45, 7) is 0.597. The van der Waals surface area contributed by atoms with E-state index in [0.717, 1.165) is 10.9 Å². The first-order valence-corrected chi connectivity index (χ1v) is 7.89. The lowest BCUT2D eigenvalue weighted by Crippen LogP contribution is -2.25. The standard InChI is InChI=1S/C18H15BrN2O/c19-16-10-15(11-20-12-16)18(22)21-9-8-14-6-3-5-13-4-1-2-7-17(13)14/h1-7,10-12H,8-9H2,(H,21,22). The third kappa shape index (κ3) is 3.34. The molecule has 0 bridgehead atoms. The van der Waals surface area contributed by atoms with E-state index in [1.54, 1.807) is 18.5 Å². The Kier molecular flexibility index (Phi) is 4.49. The molecule has 22 heavy (non-hydrogen) atoms. The van der Waals surface area contributed by atoms with E-state index in [1.807, 2.05) is 12.1 Å². The van der Waals surface area contributed by atoms with E-state index >= 15 is 0 Å². The second kappa shape index (κ2) is 6.71. The summed E-state index contributed by atoms with van der Waals surface area (Å²) >= 11 is 3.32. The second-order valence-corrected chi connectivity index (χ2v) is 5.95. The molecule has 4 heteroatoms. The zero-order valence-corrected chi connectivity index (χ0v) is 13.5. The van der Waals surface area contributed by atoms with E-state index < -0.39 is 0 Å². The first-order chi connectivity index (χ1) is 10.7. The molecule has 1 amide bonds. The van der Waals surface area contributed by atoms with Crippen molar-refractivity contribution >= 4 is 32.6 Å². The number of nitrogens with one attached hydrogen (secondary N) is 1. The van der Waals surface area contributed by atoms with E-state index in [4.69, 9.17) is 0 Å². The average molecular weight is 355 g/mol. The van der Waals surface area contributed by atoms with Crippen molar-refractivity contribution in [2.75, 3.05) is 6.54 Å². The molecular formula is C18H15BrN2O. The molecule has 0 saturated carbocycles. The fraction of sp³-hybridized carbons (Fsp3) is 0.111. The monoisotopic (exact) mass is 354 g/mol. The third-order valence-electron chi connectivity index (χ3n) is 3.53. The van der Waals surface area contributed by atoms with Gasteiger partial charge in [-0.05, 0) is 44.8 Å². The molecule has 0 aliphatic rings. The van der Waals surface area contributed by atoms with E-state index in [-0.39, 0.29) is 5.91 Å². The molecule has 0 atom stereocenters. The normalized spacial score (nSPS) is 10.6. The highest BCUT2D eigenvalue weighted by molar-refractivity contribution is 9.10. The lowest BCUT2D eigenvalue weighted by Gasteiger charge is -2.08. The van der Waals surface area contributed by atoms with Gasteiger partial charge in [0, 0.05) is 23.4 Å². The van der Waals surface area contributed by atoms with Crippen LogP contribution in [0.4, 0.5) is 0 Å². The molecule has 110 valence electrons. The summed E-state index contributed by atoms with van der Waals surface area (Å²) in [6.07, 6.45) is 4.03. The topological polar surface area (TPSA) is 42.0 Å². The van der Waals surface area contributed by atoms with Crippen LogP contribution in [0.5, 0.6) is 0 Å². The lowest BCUT2D eigenvalue weighted by atomic mass is 10.0. The lowest BCUT2D eigenvalue weighted by molar-refractivity contribution is 0.0953. The number of carbonyl (C=O) groups is 1. The van der Waals surface area contributed by atoms with Gasteiger partial charge in [-0.15, -0.1) is 0 Å². The SMILES string of the molecule is O=C(NCCc1cccc2ccccc12)c1cncc(Br)c1. The molecule has 0 unspecified atom stereocenters. The van der Waals surface area contributed by atoms with Crippen molar-refractivity contribution in [1.82, 2.24) is 10.3 Å². The van der Waals surface area contributed by atoms with Gasteiger partial charge < -0.3 is 5.32 Å². The summed E-state index contributed by atoms with van der Waals surface area (Å²) in [4.78, 5) is 16.1. The van der Waals surface area contributed by atoms with Crippen LogP contribution in [0, 0.1) is 0 Å². The van der Waals surface area contributed by atoms with Crippen molar-refractivity contribution in [2.24, 2.45) is 0 Å². The zero-order chi connectivity index (χ0) is 15.4. The molecule has 3 aromatic rings. The van der Waals surface area contributed by atoms with Crippen LogP contribution < -0.4 is 5.32 Å². The van der Waals surface area contributed by atoms with Gasteiger partial charge in [0.1, 0.15) is 0 Å². The predicted molar refractivity (Wildman–Crippen MR) is 91.9 cm³/mol. The molecule has 3 rings (SSSR count). The number of carbonyl (C=O) groups excluding carboxylic acids is 1. The smallest absolute Gasteiger partial charge is 0.252 e. The zero-order valence-electron chi connectivity index (χ0n) is 11.9. The summed E-state index contributed by atoms with van der Waals surface area (Å²) in [5.74, 6) is -0.103. The maximum atomic E-state index is 12.1. The molecule has 0 fully saturated rings. The van der Waals surface area contributed by atoms with Crippen molar-refractivity contribution in [3.8, 4) is 0 Å². The minimum atomic E-state index is -0.103. The first-order valence-electron chi connectivity index (χ1n) is 7.09. The second-order valence-electron chi connectivity index (χ2n) is 5.04. The third-order valence-corrected chi connectivity index (χ3v) is 3.96. The first kappa shape index (κ1) is 14.7. The molecule has 2 aromatic carbocycles. The molecule has 1 heterocycles. The molecule has 0 spiro atoms. The number of halogens is 1. The van der Waals surface area contributed by atoms with Crippen LogP contribution in [0.1, 0.15) is 15.9 Å². The van der Waals surface area contributed by atoms with Gasteiger partial charge >= 0.3 is 0 Å². The Morgan fingerprint density at radius 1 is 1.09 bits per heavy atom. The Morgan fingerprint density at radius 3 is 2.77 bits per heavy atom. The van der Waals surface area contributed by atoms with E-state index in [2.05, 4.69) is 56.6 Å². The van der Waals surface area contributed by atoms with Gasteiger partial charge in [0.05, 0.1) is 5.56 Å². The Labute approximate surface area is 137 Å². The fourth-order valence-electron chi connectivity index (χ4n) is 2.46. The van der Waals surface area contributed by atoms with E-state index in [1.165, 1.54) is 16.3 Å². The van der Waals surface area contributed by atoms with Gasteiger partial charge in [0.2, 0.25) is 0 Å². The summed E-state index contributed by atoms with van der Waals surface area (Å²) in [5, 5.41) is 5.40. The number of aromatic nitrogens is 1. The van der Waals surface area contributed by atoms with Crippen LogP contribution >= 0.6 is 15.9 Å². The maximum Gasteiger partial charge on any atom is 0.252 e. The highest BCUT2D eigenvalue weighted by Crippen LogP contribution is 2.18. The highest BCUT2D eigenvalue weighted by Gasteiger charge is 2.06. The maximum absolute atomic E-state index is 12.1. The molecule has 1 aromatic heterocycles. The number of hydrogen-bond acceptors (Lipinski definition) is 2. The Balaban J connectivity index is 1.66. The van der Waals surface area contributed by atoms with Crippen LogP contribution in [0.25, 0.3) is 10.8 Å². The van der Waals surface area contributed by atoms with Crippen LogP contribution in [0.15, 0.2) is 65.4 Å². The van der Waals surface area contributed by atoms with Crippen molar-refractivity contribution < 1.29 is 4.79 Å². The Morgan fingerprint density at radius 2 is 1.91 bits per heavy atom.